The minimum absolute atomic E-state index is 0.0434. The number of nitrogens with zero attached hydrogens (tertiary/aromatic N) is 5. The molecule has 1 aromatic heterocycles. The van der Waals surface area contributed by atoms with E-state index in [0.29, 0.717) is 18.5 Å². The Bertz CT molecular complexity index is 651. The predicted octanol–water partition coefficient (Wildman–Crippen LogP) is 2.09. The summed E-state index contributed by atoms with van der Waals surface area (Å²) in [5.74, 6) is 3.37. The van der Waals surface area contributed by atoms with Gasteiger partial charge in [-0.15, -0.1) is 10.2 Å². The van der Waals surface area contributed by atoms with Crippen molar-refractivity contribution in [2.45, 2.75) is 71.5 Å². The van der Waals surface area contributed by atoms with Crippen LogP contribution in [-0.2, 0) is 17.8 Å². The average Bonchev–Trinajstić information content (AvgIpc) is 2.82. The van der Waals surface area contributed by atoms with Gasteiger partial charge in [0, 0.05) is 32.1 Å². The SMILES string of the molecule is CC(C)CC(NC(=O)CN(C)C)c1nnc2n1CCN(C(C)C1CCC1)CC2. The number of hydrogen-bond donors (Lipinski definition) is 1. The first kappa shape index (κ1) is 21.2. The number of carbonyl (C=O) groups excluding carboxylic acids is 1. The van der Waals surface area contributed by atoms with Gasteiger partial charge in [0.2, 0.25) is 5.91 Å². The molecule has 158 valence electrons. The van der Waals surface area contributed by atoms with Crippen molar-refractivity contribution in [3.63, 3.8) is 0 Å². The van der Waals surface area contributed by atoms with Crippen molar-refractivity contribution in [2.75, 3.05) is 33.7 Å². The highest BCUT2D eigenvalue weighted by Gasteiger charge is 2.31. The molecule has 2 unspecified atom stereocenters. The van der Waals surface area contributed by atoms with Crippen LogP contribution in [0.25, 0.3) is 0 Å². The van der Waals surface area contributed by atoms with Crippen molar-refractivity contribution in [3.05, 3.63) is 11.6 Å². The van der Waals surface area contributed by atoms with Crippen LogP contribution in [0, 0.1) is 11.8 Å². The van der Waals surface area contributed by atoms with E-state index >= 15 is 0 Å². The predicted molar refractivity (Wildman–Crippen MR) is 111 cm³/mol. The summed E-state index contributed by atoms with van der Waals surface area (Å²) in [6, 6.07) is 0.574. The van der Waals surface area contributed by atoms with E-state index in [1.54, 1.807) is 0 Å². The van der Waals surface area contributed by atoms with Gasteiger partial charge in [0.05, 0.1) is 12.6 Å². The molecule has 2 atom stereocenters. The van der Waals surface area contributed by atoms with Crippen molar-refractivity contribution in [3.8, 4) is 0 Å². The van der Waals surface area contributed by atoms with Crippen molar-refractivity contribution in [1.29, 1.82) is 0 Å². The fraction of sp³-hybridized carbons (Fsp3) is 0.857. The zero-order chi connectivity index (χ0) is 20.3. The van der Waals surface area contributed by atoms with Crippen LogP contribution in [0.3, 0.4) is 0 Å². The molecule has 1 aromatic rings. The lowest BCUT2D eigenvalue weighted by molar-refractivity contribution is -0.122. The van der Waals surface area contributed by atoms with Gasteiger partial charge in [-0.1, -0.05) is 20.3 Å². The molecule has 7 nitrogen and oxygen atoms in total. The molecule has 0 radical (unpaired) electrons. The summed E-state index contributed by atoms with van der Waals surface area (Å²) < 4.78 is 2.27. The molecule has 1 saturated carbocycles. The summed E-state index contributed by atoms with van der Waals surface area (Å²) >= 11 is 0. The Labute approximate surface area is 169 Å². The molecule has 0 saturated heterocycles. The molecular weight excluding hydrogens is 352 g/mol. The molecule has 1 aliphatic carbocycles. The van der Waals surface area contributed by atoms with Crippen molar-refractivity contribution >= 4 is 5.91 Å². The van der Waals surface area contributed by atoms with E-state index in [1.165, 1.54) is 19.3 Å². The van der Waals surface area contributed by atoms with Crippen molar-refractivity contribution in [1.82, 2.24) is 29.9 Å². The van der Waals surface area contributed by atoms with E-state index in [4.69, 9.17) is 0 Å². The number of amides is 1. The van der Waals surface area contributed by atoms with Gasteiger partial charge in [-0.25, -0.2) is 0 Å². The topological polar surface area (TPSA) is 66.3 Å². The first-order valence-electron chi connectivity index (χ1n) is 10.9. The Morgan fingerprint density at radius 2 is 1.93 bits per heavy atom. The highest BCUT2D eigenvalue weighted by atomic mass is 16.2. The quantitative estimate of drug-likeness (QED) is 0.736. The highest BCUT2D eigenvalue weighted by molar-refractivity contribution is 5.78. The van der Waals surface area contributed by atoms with Crippen LogP contribution in [0.2, 0.25) is 0 Å². The molecule has 2 aliphatic rings. The second-order valence-corrected chi connectivity index (χ2v) is 9.33. The molecule has 1 amide bonds. The first-order valence-corrected chi connectivity index (χ1v) is 10.9. The summed E-state index contributed by atoms with van der Waals surface area (Å²) in [5, 5.41) is 12.2. The zero-order valence-electron chi connectivity index (χ0n) is 18.3. The molecule has 7 heteroatoms. The van der Waals surface area contributed by atoms with Crippen molar-refractivity contribution in [2.24, 2.45) is 11.8 Å². The fourth-order valence-corrected chi connectivity index (χ4v) is 4.47. The van der Waals surface area contributed by atoms with E-state index in [0.717, 1.165) is 50.0 Å². The number of hydrogen-bond acceptors (Lipinski definition) is 5. The maximum Gasteiger partial charge on any atom is 0.234 e. The molecule has 28 heavy (non-hydrogen) atoms. The molecule has 1 fully saturated rings. The summed E-state index contributed by atoms with van der Waals surface area (Å²) in [4.78, 5) is 16.9. The Hall–Kier alpha value is -1.47. The highest BCUT2D eigenvalue weighted by Crippen LogP contribution is 2.32. The monoisotopic (exact) mass is 390 g/mol. The average molecular weight is 391 g/mol. The second-order valence-electron chi connectivity index (χ2n) is 9.33. The summed E-state index contributed by atoms with van der Waals surface area (Å²) in [6.07, 6.45) is 5.96. The van der Waals surface area contributed by atoms with Gasteiger partial charge in [0.25, 0.3) is 0 Å². The maximum atomic E-state index is 12.4. The maximum absolute atomic E-state index is 12.4. The van der Waals surface area contributed by atoms with Gasteiger partial charge in [-0.05, 0) is 52.1 Å². The molecule has 1 N–H and O–H groups in total. The van der Waals surface area contributed by atoms with Gasteiger partial charge < -0.3 is 14.8 Å². The van der Waals surface area contributed by atoms with Crippen LogP contribution in [0.15, 0.2) is 0 Å². The first-order chi connectivity index (χ1) is 13.3. The van der Waals surface area contributed by atoms with Crippen LogP contribution >= 0.6 is 0 Å². The van der Waals surface area contributed by atoms with E-state index < -0.39 is 0 Å². The van der Waals surface area contributed by atoms with Gasteiger partial charge in [0.1, 0.15) is 5.82 Å². The van der Waals surface area contributed by atoms with Gasteiger partial charge in [0.15, 0.2) is 5.82 Å². The molecule has 0 aromatic carbocycles. The van der Waals surface area contributed by atoms with Gasteiger partial charge >= 0.3 is 0 Å². The third kappa shape index (κ3) is 5.11. The summed E-state index contributed by atoms with van der Waals surface area (Å²) in [5.41, 5.74) is 0. The summed E-state index contributed by atoms with van der Waals surface area (Å²) in [7, 11) is 3.83. The van der Waals surface area contributed by atoms with Gasteiger partial charge in [-0.3, -0.25) is 9.69 Å². The molecule has 0 spiro atoms. The van der Waals surface area contributed by atoms with Crippen LogP contribution in [0.5, 0.6) is 0 Å². The number of fused-ring (bicyclic) bond motifs is 1. The van der Waals surface area contributed by atoms with Crippen LogP contribution in [0.4, 0.5) is 0 Å². The van der Waals surface area contributed by atoms with E-state index in [1.807, 2.05) is 19.0 Å². The minimum Gasteiger partial charge on any atom is -0.345 e. The Kier molecular flexibility index (Phi) is 7.10. The number of carbonyl (C=O) groups is 1. The molecule has 0 bridgehead atoms. The normalized spacial score (nSPS) is 20.5. The lowest BCUT2D eigenvalue weighted by atomic mass is 9.80. The Morgan fingerprint density at radius 1 is 1.18 bits per heavy atom. The van der Waals surface area contributed by atoms with E-state index in [-0.39, 0.29) is 11.9 Å². The molecule has 1 aliphatic heterocycles. The number of nitrogens with one attached hydrogen (secondary N) is 1. The lowest BCUT2D eigenvalue weighted by Crippen LogP contribution is -2.42. The standard InChI is InChI=1S/C21H38N6O/c1-15(2)13-18(22-20(28)14-25(4)5)21-24-23-19-9-10-26(11-12-27(19)21)16(3)17-7-6-8-17/h15-18H,6-14H2,1-5H3,(H,22,28). The number of rotatable bonds is 8. The lowest BCUT2D eigenvalue weighted by Gasteiger charge is -2.38. The fourth-order valence-electron chi connectivity index (χ4n) is 4.47. The van der Waals surface area contributed by atoms with E-state index in [2.05, 4.69) is 45.8 Å². The Morgan fingerprint density at radius 3 is 2.54 bits per heavy atom. The van der Waals surface area contributed by atoms with Crippen LogP contribution < -0.4 is 5.32 Å². The Balaban J connectivity index is 1.72. The number of likely N-dealkylation sites (N-methyl/N-ethyl adjacent to an activating group) is 1. The van der Waals surface area contributed by atoms with E-state index in [9.17, 15) is 4.79 Å². The molecule has 2 heterocycles. The van der Waals surface area contributed by atoms with Crippen molar-refractivity contribution < 1.29 is 4.79 Å². The molecular formula is C21H38N6O. The second kappa shape index (κ2) is 9.35. The third-order valence-corrected chi connectivity index (χ3v) is 6.31. The summed E-state index contributed by atoms with van der Waals surface area (Å²) in [6.45, 7) is 10.2. The molecule has 3 rings (SSSR count). The van der Waals surface area contributed by atoms with Gasteiger partial charge in [-0.2, -0.15) is 0 Å². The van der Waals surface area contributed by atoms with Crippen LogP contribution in [-0.4, -0.2) is 70.2 Å². The third-order valence-electron chi connectivity index (χ3n) is 6.31. The number of aromatic nitrogens is 3. The van der Waals surface area contributed by atoms with Crippen LogP contribution in [0.1, 0.15) is 64.1 Å². The zero-order valence-corrected chi connectivity index (χ0v) is 18.3. The minimum atomic E-state index is -0.0793. The smallest absolute Gasteiger partial charge is 0.234 e. The largest absolute Gasteiger partial charge is 0.345 e.